The standard InChI is InChI=1S/2C3H7O.Hf.2H2O/c2*1-3(2)4;;;/h2*3H,1-2H3;;2*1H2/q2*-1;+4;;/p-2. The predicted octanol–water partition coefficient (Wildman–Crippen LogP) is -0.846. The number of hydrogen-bond donors (Lipinski definition) is 0. The van der Waals surface area contributed by atoms with Gasteiger partial charge < -0.3 is 21.2 Å². The van der Waals surface area contributed by atoms with E-state index in [1.807, 2.05) is 0 Å². The average Bonchev–Trinajstić information content (AvgIpc) is 1.25. The molecule has 0 aliphatic heterocycles. The Hall–Kier alpha value is 0.710. The fourth-order valence-electron chi connectivity index (χ4n) is 0. The second kappa shape index (κ2) is 22.4. The summed E-state index contributed by atoms with van der Waals surface area (Å²) in [6.45, 7) is 6.44. The zero-order valence-corrected chi connectivity index (χ0v) is 11.0. The van der Waals surface area contributed by atoms with Gasteiger partial charge in [-0.3, -0.25) is 0 Å². The average molecular weight is 331 g/mol. The van der Waals surface area contributed by atoms with Crippen LogP contribution in [0.4, 0.5) is 0 Å². The molecule has 0 heterocycles. The van der Waals surface area contributed by atoms with Crippen molar-refractivity contribution in [2.75, 3.05) is 0 Å². The van der Waals surface area contributed by atoms with E-state index < -0.39 is 12.2 Å². The quantitative estimate of drug-likeness (QED) is 0.539. The van der Waals surface area contributed by atoms with Crippen LogP contribution in [-0.2, 0) is 25.8 Å². The van der Waals surface area contributed by atoms with Crippen LogP contribution in [0.2, 0.25) is 0 Å². The Labute approximate surface area is 87.0 Å². The fourth-order valence-corrected chi connectivity index (χ4v) is 0. The van der Waals surface area contributed by atoms with E-state index in [0.717, 1.165) is 0 Å². The molecule has 68 valence electrons. The minimum Gasteiger partial charge on any atom is -0.870 e. The molecule has 11 heavy (non-hydrogen) atoms. The molecule has 0 rings (SSSR count). The summed E-state index contributed by atoms with van der Waals surface area (Å²) in [4.78, 5) is 0. The van der Waals surface area contributed by atoms with Gasteiger partial charge in [0.25, 0.3) is 0 Å². The first kappa shape index (κ1) is 29.8. The summed E-state index contributed by atoms with van der Waals surface area (Å²) in [5.41, 5.74) is 0. The molecule has 0 aliphatic carbocycles. The van der Waals surface area contributed by atoms with Gasteiger partial charge in [-0.1, -0.05) is 27.7 Å². The molecular weight excluding hydrogens is 315 g/mol. The summed E-state index contributed by atoms with van der Waals surface area (Å²) in [5.74, 6) is 0. The molecule has 0 spiro atoms. The van der Waals surface area contributed by atoms with Crippen molar-refractivity contribution >= 4 is 0 Å². The van der Waals surface area contributed by atoms with Crippen molar-refractivity contribution < 1.29 is 47.0 Å². The zero-order valence-electron chi connectivity index (χ0n) is 7.37. The van der Waals surface area contributed by atoms with Crippen molar-refractivity contribution in [3.8, 4) is 0 Å². The predicted molar refractivity (Wildman–Crippen MR) is 34.1 cm³/mol. The van der Waals surface area contributed by atoms with E-state index in [1.54, 1.807) is 27.7 Å². The smallest absolute Gasteiger partial charge is 0.870 e. The summed E-state index contributed by atoms with van der Waals surface area (Å²) in [6, 6.07) is 0. The van der Waals surface area contributed by atoms with Crippen molar-refractivity contribution in [3.05, 3.63) is 0 Å². The third-order valence-corrected chi connectivity index (χ3v) is 0. The molecule has 5 heteroatoms. The van der Waals surface area contributed by atoms with E-state index in [0.29, 0.717) is 0 Å². The fraction of sp³-hybridized carbons (Fsp3) is 1.00. The second-order valence-corrected chi connectivity index (χ2v) is 2.10. The number of rotatable bonds is 0. The van der Waals surface area contributed by atoms with E-state index in [-0.39, 0.29) is 36.8 Å². The van der Waals surface area contributed by atoms with Crippen LogP contribution in [0.5, 0.6) is 0 Å². The monoisotopic (exact) mass is 332 g/mol. The molecule has 0 aromatic rings. The molecule has 4 nitrogen and oxygen atoms in total. The first-order valence-corrected chi connectivity index (χ1v) is 2.78. The van der Waals surface area contributed by atoms with Crippen LogP contribution >= 0.6 is 0 Å². The topological polar surface area (TPSA) is 106 Å². The van der Waals surface area contributed by atoms with Crippen LogP contribution in [0.1, 0.15) is 27.7 Å². The Morgan fingerprint density at radius 2 is 0.727 bits per heavy atom. The second-order valence-electron chi connectivity index (χ2n) is 2.10. The van der Waals surface area contributed by atoms with Gasteiger partial charge in [0.2, 0.25) is 0 Å². The van der Waals surface area contributed by atoms with E-state index in [2.05, 4.69) is 0 Å². The minimum atomic E-state index is -0.417. The van der Waals surface area contributed by atoms with Crippen molar-refractivity contribution in [1.29, 1.82) is 0 Å². The third-order valence-electron chi connectivity index (χ3n) is 0. The largest absolute Gasteiger partial charge is 4.00 e. The van der Waals surface area contributed by atoms with Gasteiger partial charge >= 0.3 is 25.8 Å². The van der Waals surface area contributed by atoms with Gasteiger partial charge in [-0.05, 0) is 0 Å². The molecule has 0 amide bonds. The van der Waals surface area contributed by atoms with Crippen LogP contribution < -0.4 is 10.2 Å². The van der Waals surface area contributed by atoms with Gasteiger partial charge in [-0.25, -0.2) is 0 Å². The summed E-state index contributed by atoms with van der Waals surface area (Å²) in [5, 5.41) is 19.1. The van der Waals surface area contributed by atoms with Crippen LogP contribution in [-0.4, -0.2) is 23.2 Å². The van der Waals surface area contributed by atoms with Crippen molar-refractivity contribution in [2.45, 2.75) is 39.9 Å². The maximum absolute atomic E-state index is 9.53. The maximum atomic E-state index is 9.53. The molecule has 0 atom stereocenters. The summed E-state index contributed by atoms with van der Waals surface area (Å²) < 4.78 is 0. The Morgan fingerprint density at radius 3 is 0.727 bits per heavy atom. The Balaban J connectivity index is -0.0000000171. The molecular formula is C6H16HfO4. The molecule has 0 aromatic carbocycles. The molecule has 0 saturated heterocycles. The molecule has 2 N–H and O–H groups in total. The van der Waals surface area contributed by atoms with Gasteiger partial charge in [0.15, 0.2) is 0 Å². The van der Waals surface area contributed by atoms with Gasteiger partial charge in [-0.15, -0.1) is 12.2 Å². The minimum absolute atomic E-state index is 0. The van der Waals surface area contributed by atoms with Gasteiger partial charge in [0.1, 0.15) is 0 Å². The Kier molecular flexibility index (Phi) is 60.8. The van der Waals surface area contributed by atoms with Crippen molar-refractivity contribution in [3.63, 3.8) is 0 Å². The summed E-state index contributed by atoms with van der Waals surface area (Å²) in [7, 11) is 0. The molecule has 0 fully saturated rings. The normalized spacial score (nSPS) is 6.55. The van der Waals surface area contributed by atoms with Gasteiger partial charge in [0.05, 0.1) is 0 Å². The van der Waals surface area contributed by atoms with E-state index >= 15 is 0 Å². The van der Waals surface area contributed by atoms with Crippen molar-refractivity contribution in [2.24, 2.45) is 0 Å². The van der Waals surface area contributed by atoms with E-state index in [9.17, 15) is 10.2 Å². The molecule has 0 bridgehead atoms. The first-order valence-electron chi connectivity index (χ1n) is 2.78. The van der Waals surface area contributed by atoms with Gasteiger partial charge in [-0.2, -0.15) is 0 Å². The van der Waals surface area contributed by atoms with E-state index in [1.165, 1.54) is 0 Å². The van der Waals surface area contributed by atoms with E-state index in [4.69, 9.17) is 0 Å². The first-order chi connectivity index (χ1) is 3.46. The SMILES string of the molecule is CC(C)[O-].CC(C)[O-].[Hf+4].[OH-].[OH-]. The molecule has 0 saturated carbocycles. The zero-order chi connectivity index (χ0) is 7.15. The van der Waals surface area contributed by atoms with Crippen LogP contribution in [0, 0.1) is 0 Å². The summed E-state index contributed by atoms with van der Waals surface area (Å²) in [6.07, 6.45) is -0.833. The maximum Gasteiger partial charge on any atom is 4.00 e. The van der Waals surface area contributed by atoms with Crippen LogP contribution in [0.25, 0.3) is 0 Å². The Bertz CT molecular complexity index is 30.1. The Morgan fingerprint density at radius 1 is 0.727 bits per heavy atom. The van der Waals surface area contributed by atoms with Crippen molar-refractivity contribution in [1.82, 2.24) is 0 Å². The summed E-state index contributed by atoms with van der Waals surface area (Å²) >= 11 is 0. The third kappa shape index (κ3) is 1610. The molecule has 0 aromatic heterocycles. The number of hydrogen-bond acceptors (Lipinski definition) is 4. The molecule has 0 unspecified atom stereocenters. The van der Waals surface area contributed by atoms with Crippen LogP contribution in [0.15, 0.2) is 0 Å². The van der Waals surface area contributed by atoms with Crippen LogP contribution in [0.3, 0.4) is 0 Å². The molecule has 0 aliphatic rings. The van der Waals surface area contributed by atoms with Gasteiger partial charge in [0, 0.05) is 0 Å². The molecule has 0 radical (unpaired) electrons.